The third-order valence-corrected chi connectivity index (χ3v) is 7.22. The summed E-state index contributed by atoms with van der Waals surface area (Å²) in [5.74, 6) is -1.57. The number of aryl methyl sites for hydroxylation is 1. The Labute approximate surface area is 230 Å². The maximum absolute atomic E-state index is 13.6. The van der Waals surface area contributed by atoms with Gasteiger partial charge in [-0.25, -0.2) is 8.78 Å². The summed E-state index contributed by atoms with van der Waals surface area (Å²) >= 11 is 1.25. The number of amides is 1. The number of hydrogen-bond acceptors (Lipinski definition) is 6. The van der Waals surface area contributed by atoms with E-state index in [1.54, 1.807) is 15.8 Å². The number of benzene rings is 3. The van der Waals surface area contributed by atoms with E-state index in [0.29, 0.717) is 10.7 Å². The van der Waals surface area contributed by atoms with Crippen molar-refractivity contribution in [2.24, 2.45) is 5.73 Å². The van der Waals surface area contributed by atoms with Crippen LogP contribution in [-0.2, 0) is 24.2 Å². The minimum absolute atomic E-state index is 0.0416. The number of aliphatic hydroxyl groups is 1. The molecule has 4 rings (SSSR count). The first kappa shape index (κ1) is 28.4. The third-order valence-electron chi connectivity index (χ3n) is 6.30. The smallest absolute Gasteiger partial charge is 0.233 e. The number of aliphatic hydroxyl groups excluding tert-OH is 1. The highest BCUT2D eigenvalue weighted by Crippen LogP contribution is 2.21. The second-order valence-electron chi connectivity index (χ2n) is 9.27. The van der Waals surface area contributed by atoms with Gasteiger partial charge in [-0.05, 0) is 53.8 Å². The quantitative estimate of drug-likeness (QED) is 0.257. The molecule has 1 heterocycles. The van der Waals surface area contributed by atoms with Crippen LogP contribution in [0.1, 0.15) is 23.6 Å². The van der Waals surface area contributed by atoms with E-state index >= 15 is 0 Å². The predicted molar refractivity (Wildman–Crippen MR) is 147 cm³/mol. The van der Waals surface area contributed by atoms with Gasteiger partial charge in [0.25, 0.3) is 0 Å². The van der Waals surface area contributed by atoms with Gasteiger partial charge in [-0.1, -0.05) is 61.2 Å². The Morgan fingerprint density at radius 3 is 2.46 bits per heavy atom. The van der Waals surface area contributed by atoms with Crippen molar-refractivity contribution < 1.29 is 18.7 Å². The molecule has 0 aliphatic carbocycles. The van der Waals surface area contributed by atoms with E-state index in [9.17, 15) is 18.7 Å². The lowest BCUT2D eigenvalue weighted by atomic mass is 10.0. The van der Waals surface area contributed by atoms with Gasteiger partial charge < -0.3 is 15.7 Å². The van der Waals surface area contributed by atoms with E-state index in [2.05, 4.69) is 17.1 Å². The highest BCUT2D eigenvalue weighted by Gasteiger charge is 2.24. The molecule has 0 radical (unpaired) electrons. The fraction of sp³-hybridized carbons (Fsp3) is 0.276. The normalized spacial score (nSPS) is 12.7. The molecule has 39 heavy (non-hydrogen) atoms. The number of nitrogens with zero attached hydrogens (tertiary/aromatic N) is 4. The monoisotopic (exact) mass is 551 g/mol. The fourth-order valence-electron chi connectivity index (χ4n) is 4.23. The van der Waals surface area contributed by atoms with E-state index in [1.165, 1.54) is 23.9 Å². The van der Waals surface area contributed by atoms with Crippen LogP contribution in [0, 0.1) is 11.6 Å². The van der Waals surface area contributed by atoms with Gasteiger partial charge in [-0.2, -0.15) is 0 Å². The number of aromatic nitrogens is 3. The highest BCUT2D eigenvalue weighted by atomic mass is 32.2. The topological polar surface area (TPSA) is 97.3 Å². The zero-order valence-electron chi connectivity index (χ0n) is 21.6. The first-order valence-electron chi connectivity index (χ1n) is 12.6. The van der Waals surface area contributed by atoms with Gasteiger partial charge in [-0.3, -0.25) is 9.36 Å². The first-order chi connectivity index (χ1) is 18.8. The molecule has 0 aliphatic heterocycles. The maximum Gasteiger partial charge on any atom is 0.233 e. The molecule has 0 bridgehead atoms. The number of carbonyl (C=O) groups excluding carboxylic acids is 1. The maximum atomic E-state index is 13.6. The molecule has 4 aromatic rings. The Kier molecular flexibility index (Phi) is 9.80. The Hall–Kier alpha value is -3.60. The molecule has 2 atom stereocenters. The van der Waals surface area contributed by atoms with Crippen LogP contribution >= 0.6 is 11.8 Å². The number of carbonyl (C=O) groups is 1. The van der Waals surface area contributed by atoms with Crippen molar-refractivity contribution in [1.82, 2.24) is 19.7 Å². The van der Waals surface area contributed by atoms with Crippen LogP contribution in [0.2, 0.25) is 0 Å². The van der Waals surface area contributed by atoms with Crippen molar-refractivity contribution in [1.29, 1.82) is 0 Å². The zero-order chi connectivity index (χ0) is 27.8. The summed E-state index contributed by atoms with van der Waals surface area (Å²) in [5, 5.41) is 19.6. The number of rotatable bonds is 12. The zero-order valence-corrected chi connectivity index (χ0v) is 22.4. The average molecular weight is 552 g/mol. The van der Waals surface area contributed by atoms with E-state index in [0.717, 1.165) is 29.3 Å². The fourth-order valence-corrected chi connectivity index (χ4v) is 5.06. The summed E-state index contributed by atoms with van der Waals surface area (Å²) < 4.78 is 29.1. The van der Waals surface area contributed by atoms with Crippen molar-refractivity contribution in [2.75, 3.05) is 12.3 Å². The van der Waals surface area contributed by atoms with Crippen LogP contribution in [0.4, 0.5) is 8.78 Å². The minimum atomic E-state index is -1.12. The molecule has 3 aromatic carbocycles. The standard InChI is InChI=1S/C29H31F2N5O2S/c1-2-20-7-6-8-21(11-20)16-35(17-27(37)26(32)14-22-12-23(30)15-24(31)13-22)28(38)18-39-29-34-33-19-36(29)25-9-4-3-5-10-25/h3-13,15,19,26-27,37H,2,14,16-18,32H2,1H3/t26-,27+/m0/s1. The first-order valence-corrected chi connectivity index (χ1v) is 13.6. The molecule has 1 amide bonds. The predicted octanol–water partition coefficient (Wildman–Crippen LogP) is 4.16. The summed E-state index contributed by atoms with van der Waals surface area (Å²) in [6.45, 7) is 2.29. The van der Waals surface area contributed by atoms with Gasteiger partial charge in [0, 0.05) is 30.9 Å². The minimum Gasteiger partial charge on any atom is -0.390 e. The number of halogens is 2. The van der Waals surface area contributed by atoms with E-state index < -0.39 is 23.8 Å². The molecular weight excluding hydrogens is 520 g/mol. The average Bonchev–Trinajstić information content (AvgIpc) is 3.40. The van der Waals surface area contributed by atoms with Crippen LogP contribution in [0.3, 0.4) is 0 Å². The van der Waals surface area contributed by atoms with Crippen LogP contribution in [0.15, 0.2) is 84.3 Å². The summed E-state index contributed by atoms with van der Waals surface area (Å²) in [4.78, 5) is 15.0. The van der Waals surface area contributed by atoms with Gasteiger partial charge in [0.05, 0.1) is 11.9 Å². The largest absolute Gasteiger partial charge is 0.390 e. The lowest BCUT2D eigenvalue weighted by molar-refractivity contribution is -0.130. The second kappa shape index (κ2) is 13.5. The van der Waals surface area contributed by atoms with Gasteiger partial charge in [-0.15, -0.1) is 10.2 Å². The molecule has 0 saturated carbocycles. The third kappa shape index (κ3) is 7.95. The van der Waals surface area contributed by atoms with Gasteiger partial charge >= 0.3 is 0 Å². The van der Waals surface area contributed by atoms with Crippen molar-refractivity contribution >= 4 is 17.7 Å². The summed E-state index contributed by atoms with van der Waals surface area (Å²) in [6.07, 6.45) is 1.38. The molecule has 0 aliphatic rings. The molecule has 204 valence electrons. The van der Waals surface area contributed by atoms with Gasteiger partial charge in [0.2, 0.25) is 5.91 Å². The number of thioether (sulfide) groups is 1. The Balaban J connectivity index is 1.47. The van der Waals surface area contributed by atoms with Gasteiger partial charge in [0.15, 0.2) is 5.16 Å². The SMILES string of the molecule is CCc1cccc(CN(C[C@@H](O)[C@@H](N)Cc2cc(F)cc(F)c2)C(=O)CSc2nncn2-c2ccccc2)c1. The molecule has 0 unspecified atom stereocenters. The number of nitrogens with two attached hydrogens (primary N) is 1. The highest BCUT2D eigenvalue weighted by molar-refractivity contribution is 7.99. The molecule has 7 nitrogen and oxygen atoms in total. The summed E-state index contributed by atoms with van der Waals surface area (Å²) in [5.41, 5.74) is 9.48. The molecule has 0 fully saturated rings. The second-order valence-corrected chi connectivity index (χ2v) is 10.2. The van der Waals surface area contributed by atoms with Crippen molar-refractivity contribution in [2.45, 2.75) is 43.6 Å². The molecule has 1 aromatic heterocycles. The van der Waals surface area contributed by atoms with E-state index in [1.807, 2.05) is 54.6 Å². The Morgan fingerprint density at radius 1 is 1.03 bits per heavy atom. The lowest BCUT2D eigenvalue weighted by Gasteiger charge is -2.28. The molecule has 0 saturated heterocycles. The molecule has 3 N–H and O–H groups in total. The van der Waals surface area contributed by atoms with Crippen LogP contribution < -0.4 is 5.73 Å². The van der Waals surface area contributed by atoms with E-state index in [4.69, 9.17) is 5.73 Å². The molecule has 10 heteroatoms. The van der Waals surface area contributed by atoms with Crippen molar-refractivity contribution in [3.8, 4) is 5.69 Å². The van der Waals surface area contributed by atoms with Crippen molar-refractivity contribution in [3.63, 3.8) is 0 Å². The van der Waals surface area contributed by atoms with Gasteiger partial charge in [0.1, 0.15) is 18.0 Å². The van der Waals surface area contributed by atoms with E-state index in [-0.39, 0.29) is 31.2 Å². The number of para-hydroxylation sites is 1. The van der Waals surface area contributed by atoms with Crippen molar-refractivity contribution in [3.05, 3.63) is 107 Å². The number of hydrogen-bond donors (Lipinski definition) is 2. The van der Waals surface area contributed by atoms with Crippen LogP contribution in [0.5, 0.6) is 0 Å². The van der Waals surface area contributed by atoms with Crippen LogP contribution in [0.25, 0.3) is 5.69 Å². The summed E-state index contributed by atoms with van der Waals surface area (Å²) in [6, 6.07) is 19.8. The molecule has 0 spiro atoms. The molecular formula is C29H31F2N5O2S. The van der Waals surface area contributed by atoms with Crippen LogP contribution in [-0.4, -0.2) is 55.1 Å². The lowest BCUT2D eigenvalue weighted by Crippen LogP contribution is -2.46. The Morgan fingerprint density at radius 2 is 1.74 bits per heavy atom. The Bertz CT molecular complexity index is 1360. The summed E-state index contributed by atoms with van der Waals surface area (Å²) in [7, 11) is 0.